The van der Waals surface area contributed by atoms with Crippen LogP contribution in [0.5, 0.6) is 11.5 Å². The summed E-state index contributed by atoms with van der Waals surface area (Å²) in [5.41, 5.74) is 1.63. The Morgan fingerprint density at radius 3 is 2.62 bits per heavy atom. The number of esters is 1. The lowest BCUT2D eigenvalue weighted by Crippen LogP contribution is -2.16. The molecule has 0 aliphatic rings. The highest BCUT2D eigenvalue weighted by Gasteiger charge is 2.23. The van der Waals surface area contributed by atoms with Gasteiger partial charge in [0, 0.05) is 16.5 Å². The van der Waals surface area contributed by atoms with E-state index in [1.54, 1.807) is 18.4 Å². The molecule has 8 heteroatoms. The molecular formula is C24H20N2O5S. The van der Waals surface area contributed by atoms with Gasteiger partial charge in [0.1, 0.15) is 33.7 Å². The number of carbonyl (C=O) groups is 2. The van der Waals surface area contributed by atoms with E-state index in [0.717, 1.165) is 16.9 Å². The molecule has 0 saturated heterocycles. The molecule has 3 aromatic rings. The molecular weight excluding hydrogens is 428 g/mol. The maximum Gasteiger partial charge on any atom is 0.341 e. The molecule has 0 fully saturated rings. The molecule has 0 aliphatic carbocycles. The lowest BCUT2D eigenvalue weighted by molar-refractivity contribution is -0.112. The first-order valence-corrected chi connectivity index (χ1v) is 10.5. The average Bonchev–Trinajstić information content (AvgIpc) is 3.22. The first kappa shape index (κ1) is 22.6. The van der Waals surface area contributed by atoms with Crippen LogP contribution in [-0.4, -0.2) is 30.7 Å². The number of nitrogens with zero attached hydrogens (tertiary/aromatic N) is 1. The maximum absolute atomic E-state index is 12.8. The van der Waals surface area contributed by atoms with Gasteiger partial charge in [-0.25, -0.2) is 4.79 Å². The van der Waals surface area contributed by atoms with E-state index in [-0.39, 0.29) is 34.1 Å². The molecule has 0 spiro atoms. The van der Waals surface area contributed by atoms with E-state index >= 15 is 0 Å². The SMILES string of the molecule is CCOC(=O)c1c(-c2ccccc2)csc1NC(=O)/C(C#N)=C/c1cc(OC)ccc1O. The van der Waals surface area contributed by atoms with Crippen LogP contribution < -0.4 is 10.1 Å². The van der Waals surface area contributed by atoms with Crippen LogP contribution in [0.4, 0.5) is 5.00 Å². The summed E-state index contributed by atoms with van der Waals surface area (Å²) in [4.78, 5) is 25.5. The monoisotopic (exact) mass is 448 g/mol. The Labute approximate surface area is 189 Å². The number of phenolic OH excluding ortho intramolecular Hbond substituents is 1. The molecule has 1 aromatic heterocycles. The second-order valence-electron chi connectivity index (χ2n) is 6.49. The summed E-state index contributed by atoms with van der Waals surface area (Å²) < 4.78 is 10.3. The molecule has 162 valence electrons. The van der Waals surface area contributed by atoms with E-state index in [1.807, 2.05) is 36.4 Å². The molecule has 7 nitrogen and oxygen atoms in total. The second kappa shape index (κ2) is 10.3. The van der Waals surface area contributed by atoms with E-state index in [9.17, 15) is 20.0 Å². The third-order valence-corrected chi connectivity index (χ3v) is 5.38. The van der Waals surface area contributed by atoms with Gasteiger partial charge in [-0.05, 0) is 36.8 Å². The van der Waals surface area contributed by atoms with Crippen molar-refractivity contribution in [2.24, 2.45) is 0 Å². The minimum Gasteiger partial charge on any atom is -0.507 e. The Hall–Kier alpha value is -4.09. The van der Waals surface area contributed by atoms with Crippen molar-refractivity contribution >= 4 is 34.3 Å². The topological polar surface area (TPSA) is 109 Å². The molecule has 0 saturated carbocycles. The number of nitrogens with one attached hydrogen (secondary N) is 1. The number of carbonyl (C=O) groups excluding carboxylic acids is 2. The van der Waals surface area contributed by atoms with Crippen LogP contribution in [0.25, 0.3) is 17.2 Å². The number of hydrogen-bond acceptors (Lipinski definition) is 7. The minimum atomic E-state index is -0.721. The molecule has 3 rings (SSSR count). The number of amides is 1. The number of benzene rings is 2. The van der Waals surface area contributed by atoms with Crippen LogP contribution in [0.15, 0.2) is 59.5 Å². The van der Waals surface area contributed by atoms with Gasteiger partial charge in [0.2, 0.25) is 0 Å². The molecule has 2 aromatic carbocycles. The quantitative estimate of drug-likeness (QED) is 0.304. The Bertz CT molecular complexity index is 1210. The Balaban J connectivity index is 1.97. The van der Waals surface area contributed by atoms with E-state index in [4.69, 9.17) is 9.47 Å². The van der Waals surface area contributed by atoms with Crippen molar-refractivity contribution in [2.45, 2.75) is 6.92 Å². The first-order valence-electron chi connectivity index (χ1n) is 9.62. The zero-order chi connectivity index (χ0) is 23.1. The van der Waals surface area contributed by atoms with E-state index in [1.165, 1.54) is 25.3 Å². The van der Waals surface area contributed by atoms with Crippen molar-refractivity contribution in [3.8, 4) is 28.7 Å². The number of rotatable bonds is 7. The van der Waals surface area contributed by atoms with Crippen LogP contribution in [-0.2, 0) is 9.53 Å². The van der Waals surface area contributed by atoms with Crippen molar-refractivity contribution in [1.82, 2.24) is 0 Å². The van der Waals surface area contributed by atoms with Gasteiger partial charge in [-0.1, -0.05) is 30.3 Å². The number of thiophene rings is 1. The number of nitriles is 1. The molecule has 32 heavy (non-hydrogen) atoms. The summed E-state index contributed by atoms with van der Waals surface area (Å²) in [5, 5.41) is 24.2. The normalized spacial score (nSPS) is 10.8. The molecule has 0 unspecified atom stereocenters. The molecule has 0 bridgehead atoms. The van der Waals surface area contributed by atoms with Gasteiger partial charge in [-0.2, -0.15) is 5.26 Å². The van der Waals surface area contributed by atoms with Gasteiger partial charge in [0.05, 0.1) is 13.7 Å². The Morgan fingerprint density at radius 2 is 1.97 bits per heavy atom. The summed E-state index contributed by atoms with van der Waals surface area (Å²) >= 11 is 1.16. The highest BCUT2D eigenvalue weighted by atomic mass is 32.1. The van der Waals surface area contributed by atoms with Crippen LogP contribution in [0, 0.1) is 11.3 Å². The largest absolute Gasteiger partial charge is 0.507 e. The van der Waals surface area contributed by atoms with Gasteiger partial charge in [-0.3, -0.25) is 4.79 Å². The maximum atomic E-state index is 12.8. The zero-order valence-electron chi connectivity index (χ0n) is 17.4. The number of hydrogen-bond donors (Lipinski definition) is 2. The summed E-state index contributed by atoms with van der Waals surface area (Å²) in [6.45, 7) is 1.87. The first-order chi connectivity index (χ1) is 15.5. The fourth-order valence-electron chi connectivity index (χ4n) is 2.94. The fourth-order valence-corrected chi connectivity index (χ4v) is 3.89. The lowest BCUT2D eigenvalue weighted by atomic mass is 10.0. The number of methoxy groups -OCH3 is 1. The van der Waals surface area contributed by atoms with Gasteiger partial charge in [0.25, 0.3) is 5.91 Å². The summed E-state index contributed by atoms with van der Waals surface area (Å²) in [5.74, 6) is -0.944. The number of ether oxygens (including phenoxy) is 2. The third-order valence-electron chi connectivity index (χ3n) is 4.48. The summed E-state index contributed by atoms with van der Waals surface area (Å²) in [7, 11) is 1.47. The van der Waals surface area contributed by atoms with Gasteiger partial charge < -0.3 is 19.9 Å². The van der Waals surface area contributed by atoms with Crippen LogP contribution in [0.1, 0.15) is 22.8 Å². The van der Waals surface area contributed by atoms with Gasteiger partial charge in [-0.15, -0.1) is 11.3 Å². The number of aromatic hydroxyl groups is 1. The smallest absolute Gasteiger partial charge is 0.341 e. The predicted molar refractivity (Wildman–Crippen MR) is 123 cm³/mol. The number of anilines is 1. The molecule has 0 radical (unpaired) electrons. The molecule has 0 aliphatic heterocycles. The van der Waals surface area contributed by atoms with Gasteiger partial charge in [0.15, 0.2) is 0 Å². The van der Waals surface area contributed by atoms with Gasteiger partial charge >= 0.3 is 5.97 Å². The van der Waals surface area contributed by atoms with Crippen molar-refractivity contribution in [2.75, 3.05) is 19.0 Å². The lowest BCUT2D eigenvalue weighted by Gasteiger charge is -2.09. The van der Waals surface area contributed by atoms with Crippen LogP contribution >= 0.6 is 11.3 Å². The Kier molecular flexibility index (Phi) is 7.26. The average molecular weight is 449 g/mol. The van der Waals surface area contributed by atoms with Crippen molar-refractivity contribution < 1.29 is 24.2 Å². The predicted octanol–water partition coefficient (Wildman–Crippen LogP) is 4.85. The molecule has 2 N–H and O–H groups in total. The summed E-state index contributed by atoms with van der Waals surface area (Å²) in [6, 6.07) is 15.5. The standard InChI is InChI=1S/C24H20N2O5S/c1-3-31-24(29)21-19(15-7-5-4-6-8-15)14-32-23(21)26-22(28)17(13-25)11-16-12-18(30-2)9-10-20(16)27/h4-12,14,27H,3H2,1-2H3,(H,26,28)/b17-11+. The molecule has 0 atom stereocenters. The third kappa shape index (κ3) is 4.96. The zero-order valence-corrected chi connectivity index (χ0v) is 18.2. The second-order valence-corrected chi connectivity index (χ2v) is 7.37. The number of phenols is 1. The van der Waals surface area contributed by atoms with Crippen LogP contribution in [0.3, 0.4) is 0 Å². The highest BCUT2D eigenvalue weighted by Crippen LogP contribution is 2.36. The van der Waals surface area contributed by atoms with E-state index in [2.05, 4.69) is 5.32 Å². The van der Waals surface area contributed by atoms with Crippen LogP contribution in [0.2, 0.25) is 0 Å². The van der Waals surface area contributed by atoms with E-state index < -0.39 is 11.9 Å². The highest BCUT2D eigenvalue weighted by molar-refractivity contribution is 7.15. The van der Waals surface area contributed by atoms with Crippen molar-refractivity contribution in [3.05, 3.63) is 70.6 Å². The molecule has 1 heterocycles. The Morgan fingerprint density at radius 1 is 1.22 bits per heavy atom. The molecule has 1 amide bonds. The van der Waals surface area contributed by atoms with Crippen molar-refractivity contribution in [3.63, 3.8) is 0 Å². The fraction of sp³-hybridized carbons (Fsp3) is 0.125. The summed E-state index contributed by atoms with van der Waals surface area (Å²) in [6.07, 6.45) is 1.25. The minimum absolute atomic E-state index is 0.110. The van der Waals surface area contributed by atoms with E-state index in [0.29, 0.717) is 11.3 Å². The van der Waals surface area contributed by atoms with Crippen molar-refractivity contribution in [1.29, 1.82) is 5.26 Å².